The lowest BCUT2D eigenvalue weighted by molar-refractivity contribution is 1.14. The molecular weight excluding hydrogens is 262 g/mol. The van der Waals surface area contributed by atoms with Crippen molar-refractivity contribution in [2.75, 3.05) is 5.32 Å². The van der Waals surface area contributed by atoms with Crippen LogP contribution < -0.4 is 11.1 Å². The molecule has 2 aromatic heterocycles. The molecule has 18 heavy (non-hydrogen) atoms. The summed E-state index contributed by atoms with van der Waals surface area (Å²) in [5, 5.41) is 3.28. The van der Waals surface area contributed by atoms with Crippen LogP contribution in [-0.4, -0.2) is 9.97 Å². The van der Waals surface area contributed by atoms with Crippen molar-refractivity contribution in [1.29, 1.82) is 0 Å². The van der Waals surface area contributed by atoms with Gasteiger partial charge < -0.3 is 11.1 Å². The summed E-state index contributed by atoms with van der Waals surface area (Å²) in [6.45, 7) is 2.94. The largest absolute Gasteiger partial charge is 0.389 e. The summed E-state index contributed by atoms with van der Waals surface area (Å²) in [7, 11) is 0. The first-order chi connectivity index (χ1) is 8.69. The predicted molar refractivity (Wildman–Crippen MR) is 81.1 cm³/mol. The van der Waals surface area contributed by atoms with Gasteiger partial charge in [-0.1, -0.05) is 19.1 Å². The zero-order chi connectivity index (χ0) is 13.0. The Morgan fingerprint density at radius 2 is 2.17 bits per heavy atom. The molecule has 0 radical (unpaired) electrons. The fraction of sp³-hybridized carbons (Fsp3) is 0.231. The van der Waals surface area contributed by atoms with Crippen molar-refractivity contribution in [3.63, 3.8) is 0 Å². The second-order valence-corrected chi connectivity index (χ2v) is 5.56. The van der Waals surface area contributed by atoms with Crippen LogP contribution >= 0.6 is 23.6 Å². The number of thiocarbonyl (C=S) groups is 1. The number of pyridine rings is 1. The van der Waals surface area contributed by atoms with Crippen molar-refractivity contribution < 1.29 is 0 Å². The molecule has 0 aliphatic rings. The van der Waals surface area contributed by atoms with E-state index >= 15 is 0 Å². The highest BCUT2D eigenvalue weighted by molar-refractivity contribution is 7.80. The molecule has 0 spiro atoms. The number of rotatable bonds is 5. The van der Waals surface area contributed by atoms with Crippen LogP contribution in [0.4, 0.5) is 5.82 Å². The van der Waals surface area contributed by atoms with Crippen molar-refractivity contribution in [1.82, 2.24) is 4.98 Å². The van der Waals surface area contributed by atoms with E-state index in [1.165, 1.54) is 9.75 Å². The number of anilines is 1. The van der Waals surface area contributed by atoms with Crippen molar-refractivity contribution in [2.24, 2.45) is 5.73 Å². The third-order valence-electron chi connectivity index (χ3n) is 2.55. The molecule has 0 aliphatic heterocycles. The van der Waals surface area contributed by atoms with E-state index in [0.29, 0.717) is 4.99 Å². The maximum absolute atomic E-state index is 5.59. The highest BCUT2D eigenvalue weighted by atomic mass is 32.1. The number of hydrogen-bond donors (Lipinski definition) is 2. The lowest BCUT2D eigenvalue weighted by atomic mass is 10.2. The maximum atomic E-state index is 5.59. The fourth-order valence-corrected chi connectivity index (χ4v) is 2.59. The van der Waals surface area contributed by atoms with Crippen LogP contribution in [0.5, 0.6) is 0 Å². The van der Waals surface area contributed by atoms with Gasteiger partial charge in [0.1, 0.15) is 10.8 Å². The Labute approximate surface area is 116 Å². The average molecular weight is 277 g/mol. The molecule has 0 fully saturated rings. The van der Waals surface area contributed by atoms with Gasteiger partial charge in [-0.25, -0.2) is 4.98 Å². The molecule has 0 unspecified atom stereocenters. The summed E-state index contributed by atoms with van der Waals surface area (Å²) in [4.78, 5) is 7.34. The summed E-state index contributed by atoms with van der Waals surface area (Å²) in [6, 6.07) is 8.00. The molecule has 2 rings (SSSR count). The Balaban J connectivity index is 2.01. The summed E-state index contributed by atoms with van der Waals surface area (Å²) in [5.41, 5.74) is 6.43. The molecule has 5 heteroatoms. The topological polar surface area (TPSA) is 50.9 Å². The zero-order valence-electron chi connectivity index (χ0n) is 10.1. The Hall–Kier alpha value is -1.46. The van der Waals surface area contributed by atoms with Crippen LogP contribution in [0, 0.1) is 0 Å². The number of nitrogens with zero attached hydrogens (tertiary/aromatic N) is 1. The number of aryl methyl sites for hydroxylation is 1. The highest BCUT2D eigenvalue weighted by Crippen LogP contribution is 2.18. The minimum absolute atomic E-state index is 0.393. The van der Waals surface area contributed by atoms with Crippen LogP contribution in [0.25, 0.3) is 0 Å². The summed E-state index contributed by atoms with van der Waals surface area (Å²) >= 11 is 6.76. The van der Waals surface area contributed by atoms with Crippen molar-refractivity contribution in [2.45, 2.75) is 19.9 Å². The summed E-state index contributed by atoms with van der Waals surface area (Å²) in [6.07, 6.45) is 2.79. The van der Waals surface area contributed by atoms with E-state index in [9.17, 15) is 0 Å². The molecule has 0 saturated heterocycles. The van der Waals surface area contributed by atoms with Gasteiger partial charge in [-0.15, -0.1) is 11.3 Å². The number of nitrogens with one attached hydrogen (secondary N) is 1. The van der Waals surface area contributed by atoms with E-state index in [-0.39, 0.29) is 0 Å². The number of hydrogen-bond acceptors (Lipinski definition) is 4. The smallest absolute Gasteiger partial charge is 0.126 e. The van der Waals surface area contributed by atoms with Gasteiger partial charge in [-0.2, -0.15) is 0 Å². The van der Waals surface area contributed by atoms with Crippen LogP contribution in [0.3, 0.4) is 0 Å². The first-order valence-electron chi connectivity index (χ1n) is 5.76. The predicted octanol–water partition coefficient (Wildman–Crippen LogP) is 2.95. The quantitative estimate of drug-likeness (QED) is 0.825. The Morgan fingerprint density at radius 3 is 2.83 bits per heavy atom. The molecule has 0 saturated carbocycles. The molecule has 0 amide bonds. The normalized spacial score (nSPS) is 10.3. The second-order valence-electron chi connectivity index (χ2n) is 3.87. The van der Waals surface area contributed by atoms with Gasteiger partial charge in [0.05, 0.1) is 6.54 Å². The van der Waals surface area contributed by atoms with Gasteiger partial charge in [0.15, 0.2) is 0 Å². The van der Waals surface area contributed by atoms with Gasteiger partial charge in [0.25, 0.3) is 0 Å². The minimum atomic E-state index is 0.393. The Morgan fingerprint density at radius 1 is 1.39 bits per heavy atom. The van der Waals surface area contributed by atoms with Gasteiger partial charge in [0, 0.05) is 21.5 Å². The minimum Gasteiger partial charge on any atom is -0.389 e. The third-order valence-corrected chi connectivity index (χ3v) is 4.02. The zero-order valence-corrected chi connectivity index (χ0v) is 11.8. The Kier molecular flexibility index (Phi) is 4.28. The number of thiophene rings is 1. The SMILES string of the molecule is CCc1ccc(CNc2cc(C(N)=S)ccn2)s1. The summed E-state index contributed by atoms with van der Waals surface area (Å²) in [5.74, 6) is 0.798. The molecular formula is C13H15N3S2. The van der Waals surface area contributed by atoms with Gasteiger partial charge in [0.2, 0.25) is 0 Å². The molecule has 0 aliphatic carbocycles. The number of nitrogens with two attached hydrogens (primary N) is 1. The first kappa shape index (κ1) is 13.0. The van der Waals surface area contributed by atoms with Gasteiger partial charge in [-0.05, 0) is 30.7 Å². The van der Waals surface area contributed by atoms with Crippen molar-refractivity contribution in [3.05, 3.63) is 45.8 Å². The van der Waals surface area contributed by atoms with Crippen molar-refractivity contribution in [3.8, 4) is 0 Å². The number of aromatic nitrogens is 1. The standard InChI is InChI=1S/C13H15N3S2/c1-2-10-3-4-11(18-10)8-16-12-7-9(13(14)17)5-6-15-12/h3-7H,2,8H2,1H3,(H2,14,17)(H,15,16). The third kappa shape index (κ3) is 3.27. The Bertz CT molecular complexity index is 549. The van der Waals surface area contributed by atoms with E-state index in [2.05, 4.69) is 29.4 Å². The molecule has 0 atom stereocenters. The van der Waals surface area contributed by atoms with Gasteiger partial charge >= 0.3 is 0 Å². The molecule has 2 aromatic rings. The van der Waals surface area contributed by atoms with E-state index < -0.39 is 0 Å². The van der Waals surface area contributed by atoms with Crippen LogP contribution in [0.15, 0.2) is 30.5 Å². The molecule has 0 bridgehead atoms. The van der Waals surface area contributed by atoms with E-state index in [4.69, 9.17) is 18.0 Å². The van der Waals surface area contributed by atoms with E-state index in [1.807, 2.05) is 23.5 Å². The van der Waals surface area contributed by atoms with Crippen LogP contribution in [0.1, 0.15) is 22.2 Å². The highest BCUT2D eigenvalue weighted by Gasteiger charge is 2.01. The lowest BCUT2D eigenvalue weighted by Crippen LogP contribution is -2.10. The lowest BCUT2D eigenvalue weighted by Gasteiger charge is -2.05. The summed E-state index contributed by atoms with van der Waals surface area (Å²) < 4.78 is 0. The fourth-order valence-electron chi connectivity index (χ4n) is 1.57. The molecule has 94 valence electrons. The maximum Gasteiger partial charge on any atom is 0.126 e. The molecule has 0 aromatic carbocycles. The molecule has 2 heterocycles. The van der Waals surface area contributed by atoms with Gasteiger partial charge in [-0.3, -0.25) is 0 Å². The molecule has 3 nitrogen and oxygen atoms in total. The monoisotopic (exact) mass is 277 g/mol. The van der Waals surface area contributed by atoms with Crippen LogP contribution in [-0.2, 0) is 13.0 Å². The average Bonchev–Trinajstić information content (AvgIpc) is 2.84. The van der Waals surface area contributed by atoms with E-state index in [0.717, 1.165) is 24.3 Å². The second kappa shape index (κ2) is 5.93. The first-order valence-corrected chi connectivity index (χ1v) is 6.99. The molecule has 3 N–H and O–H groups in total. The van der Waals surface area contributed by atoms with Crippen molar-refractivity contribution >= 4 is 34.4 Å². The van der Waals surface area contributed by atoms with E-state index in [1.54, 1.807) is 6.20 Å². The van der Waals surface area contributed by atoms with Crippen LogP contribution in [0.2, 0.25) is 0 Å².